The molecule has 0 saturated heterocycles. The van der Waals surface area contributed by atoms with E-state index in [2.05, 4.69) is 5.32 Å². The van der Waals surface area contributed by atoms with Crippen molar-refractivity contribution in [3.63, 3.8) is 0 Å². The summed E-state index contributed by atoms with van der Waals surface area (Å²) in [5.74, 6) is -0.224. The van der Waals surface area contributed by atoms with Crippen LogP contribution in [0, 0.1) is 0 Å². The number of halogens is 3. The standard InChI is InChI=1S/C11H10F3NO/c1-8(16)15-10-4-2-9(3-5-10)6-7-11(12,13)14/h2-7H,1H3,(H,15,16)/b7-6+. The number of nitrogens with one attached hydrogen (secondary N) is 1. The first kappa shape index (κ1) is 12.3. The number of hydrogen-bond acceptors (Lipinski definition) is 1. The van der Waals surface area contributed by atoms with Crippen LogP contribution in [-0.2, 0) is 4.79 Å². The zero-order chi connectivity index (χ0) is 12.2. The molecule has 0 aliphatic rings. The summed E-state index contributed by atoms with van der Waals surface area (Å²) in [4.78, 5) is 10.7. The van der Waals surface area contributed by atoms with Crippen molar-refractivity contribution >= 4 is 17.7 Å². The third kappa shape index (κ3) is 4.63. The molecule has 0 radical (unpaired) electrons. The van der Waals surface area contributed by atoms with Crippen molar-refractivity contribution in [3.8, 4) is 0 Å². The summed E-state index contributed by atoms with van der Waals surface area (Å²) >= 11 is 0. The van der Waals surface area contributed by atoms with Crippen molar-refractivity contribution in [2.24, 2.45) is 0 Å². The fraction of sp³-hybridized carbons (Fsp3) is 0.182. The molecule has 5 heteroatoms. The number of rotatable bonds is 2. The second kappa shape index (κ2) is 4.83. The number of carbonyl (C=O) groups excluding carboxylic acids is 1. The fourth-order valence-corrected chi connectivity index (χ4v) is 1.07. The molecule has 86 valence electrons. The lowest BCUT2D eigenvalue weighted by molar-refractivity contribution is -0.114. The van der Waals surface area contributed by atoms with Crippen LogP contribution in [0.4, 0.5) is 18.9 Å². The largest absolute Gasteiger partial charge is 0.409 e. The number of hydrogen-bond donors (Lipinski definition) is 1. The Balaban J connectivity index is 2.72. The maximum atomic E-state index is 11.8. The van der Waals surface area contributed by atoms with Gasteiger partial charge in [-0.15, -0.1) is 0 Å². The average Bonchev–Trinajstić information content (AvgIpc) is 2.14. The van der Waals surface area contributed by atoms with Crippen LogP contribution < -0.4 is 5.32 Å². The predicted molar refractivity (Wildman–Crippen MR) is 55.8 cm³/mol. The zero-order valence-electron chi connectivity index (χ0n) is 8.51. The first-order valence-electron chi connectivity index (χ1n) is 4.50. The first-order chi connectivity index (χ1) is 7.37. The van der Waals surface area contributed by atoms with Gasteiger partial charge < -0.3 is 5.32 Å². The van der Waals surface area contributed by atoms with Gasteiger partial charge in [0.1, 0.15) is 0 Å². The van der Waals surface area contributed by atoms with Crippen LogP contribution in [0.2, 0.25) is 0 Å². The topological polar surface area (TPSA) is 29.1 Å². The van der Waals surface area contributed by atoms with Gasteiger partial charge in [-0.1, -0.05) is 18.2 Å². The van der Waals surface area contributed by atoms with Crippen LogP contribution in [0.1, 0.15) is 12.5 Å². The Labute approximate surface area is 90.8 Å². The Morgan fingerprint density at radius 3 is 2.25 bits per heavy atom. The molecule has 0 atom stereocenters. The lowest BCUT2D eigenvalue weighted by Gasteiger charge is -2.02. The summed E-state index contributed by atoms with van der Waals surface area (Å²) in [5, 5.41) is 2.52. The van der Waals surface area contributed by atoms with Crippen molar-refractivity contribution < 1.29 is 18.0 Å². The molecule has 1 N–H and O–H groups in total. The molecule has 1 aromatic carbocycles. The van der Waals surface area contributed by atoms with E-state index >= 15 is 0 Å². The Morgan fingerprint density at radius 1 is 1.25 bits per heavy atom. The smallest absolute Gasteiger partial charge is 0.326 e. The van der Waals surface area contributed by atoms with Gasteiger partial charge >= 0.3 is 6.18 Å². The van der Waals surface area contributed by atoms with E-state index in [9.17, 15) is 18.0 Å². The molecular formula is C11H10F3NO. The van der Waals surface area contributed by atoms with Crippen molar-refractivity contribution in [1.82, 2.24) is 0 Å². The van der Waals surface area contributed by atoms with Gasteiger partial charge in [0.15, 0.2) is 0 Å². The SMILES string of the molecule is CC(=O)Nc1ccc(/C=C/C(F)(F)F)cc1. The summed E-state index contributed by atoms with van der Waals surface area (Å²) in [5.41, 5.74) is 0.975. The maximum absolute atomic E-state index is 11.8. The van der Waals surface area contributed by atoms with Crippen LogP contribution in [-0.4, -0.2) is 12.1 Å². The van der Waals surface area contributed by atoms with Gasteiger partial charge in [0.2, 0.25) is 5.91 Å². The van der Waals surface area contributed by atoms with Crippen LogP contribution in [0.25, 0.3) is 6.08 Å². The number of amides is 1. The normalized spacial score (nSPS) is 11.8. The third-order valence-corrected chi connectivity index (χ3v) is 1.70. The van der Waals surface area contributed by atoms with Crippen molar-refractivity contribution in [2.75, 3.05) is 5.32 Å². The second-order valence-electron chi connectivity index (χ2n) is 3.18. The summed E-state index contributed by atoms with van der Waals surface area (Å²) in [7, 11) is 0. The summed E-state index contributed by atoms with van der Waals surface area (Å²) < 4.78 is 35.5. The Morgan fingerprint density at radius 2 is 1.81 bits per heavy atom. The molecule has 1 rings (SSSR count). The summed E-state index contributed by atoms with van der Waals surface area (Å²) in [6.07, 6.45) is -3.17. The van der Waals surface area contributed by atoms with Crippen molar-refractivity contribution in [2.45, 2.75) is 13.1 Å². The molecule has 0 unspecified atom stereocenters. The van der Waals surface area contributed by atoms with Crippen LogP contribution in [0.3, 0.4) is 0 Å². The van der Waals surface area contributed by atoms with E-state index in [1.807, 2.05) is 0 Å². The highest BCUT2D eigenvalue weighted by Crippen LogP contribution is 2.18. The summed E-state index contributed by atoms with van der Waals surface area (Å²) in [6, 6.07) is 6.07. The van der Waals surface area contributed by atoms with E-state index in [0.717, 1.165) is 6.08 Å². The second-order valence-corrected chi connectivity index (χ2v) is 3.18. The zero-order valence-corrected chi connectivity index (χ0v) is 8.51. The van der Waals surface area contributed by atoms with Crippen LogP contribution in [0.15, 0.2) is 30.3 Å². The van der Waals surface area contributed by atoms with Gasteiger partial charge in [0, 0.05) is 18.7 Å². The van der Waals surface area contributed by atoms with E-state index < -0.39 is 6.18 Å². The lowest BCUT2D eigenvalue weighted by atomic mass is 10.2. The van der Waals surface area contributed by atoms with Gasteiger partial charge in [-0.25, -0.2) is 0 Å². The average molecular weight is 229 g/mol. The van der Waals surface area contributed by atoms with E-state index in [4.69, 9.17) is 0 Å². The molecule has 2 nitrogen and oxygen atoms in total. The molecule has 0 heterocycles. The van der Waals surface area contributed by atoms with Gasteiger partial charge in [-0.05, 0) is 17.7 Å². The predicted octanol–water partition coefficient (Wildman–Crippen LogP) is 3.22. The van der Waals surface area contributed by atoms with Gasteiger partial charge in [-0.2, -0.15) is 13.2 Å². The van der Waals surface area contributed by atoms with E-state index in [-0.39, 0.29) is 12.0 Å². The quantitative estimate of drug-likeness (QED) is 0.828. The van der Waals surface area contributed by atoms with Crippen molar-refractivity contribution in [3.05, 3.63) is 35.9 Å². The van der Waals surface area contributed by atoms with Crippen molar-refractivity contribution in [1.29, 1.82) is 0 Å². The van der Waals surface area contributed by atoms with Gasteiger partial charge in [0.25, 0.3) is 0 Å². The van der Waals surface area contributed by atoms with Gasteiger partial charge in [0.05, 0.1) is 0 Å². The number of benzene rings is 1. The van der Waals surface area contributed by atoms with E-state index in [0.29, 0.717) is 11.3 Å². The Hall–Kier alpha value is -1.78. The highest BCUT2D eigenvalue weighted by Gasteiger charge is 2.21. The molecule has 0 spiro atoms. The number of alkyl halides is 3. The number of anilines is 1. The minimum absolute atomic E-state index is 0.167. The molecule has 0 aliphatic heterocycles. The lowest BCUT2D eigenvalue weighted by Crippen LogP contribution is -2.05. The molecule has 0 bridgehead atoms. The third-order valence-electron chi connectivity index (χ3n) is 1.70. The number of carbonyl (C=O) groups is 1. The molecule has 0 aromatic heterocycles. The minimum atomic E-state index is -4.31. The Kier molecular flexibility index (Phi) is 3.71. The fourth-order valence-electron chi connectivity index (χ4n) is 1.07. The van der Waals surface area contributed by atoms with Gasteiger partial charge in [-0.3, -0.25) is 4.79 Å². The van der Waals surface area contributed by atoms with E-state index in [1.165, 1.54) is 31.2 Å². The van der Waals surface area contributed by atoms with Crippen LogP contribution in [0.5, 0.6) is 0 Å². The molecule has 1 aromatic rings. The summed E-state index contributed by atoms with van der Waals surface area (Å²) in [6.45, 7) is 1.36. The highest BCUT2D eigenvalue weighted by atomic mass is 19.4. The maximum Gasteiger partial charge on any atom is 0.409 e. The van der Waals surface area contributed by atoms with E-state index in [1.54, 1.807) is 0 Å². The molecule has 0 aliphatic carbocycles. The first-order valence-corrected chi connectivity index (χ1v) is 4.50. The molecule has 0 saturated carbocycles. The minimum Gasteiger partial charge on any atom is -0.326 e. The highest BCUT2D eigenvalue weighted by molar-refractivity contribution is 5.88. The van der Waals surface area contributed by atoms with Crippen LogP contribution >= 0.6 is 0 Å². The Bertz CT molecular complexity index is 393. The number of allylic oxidation sites excluding steroid dienone is 1. The molecule has 16 heavy (non-hydrogen) atoms. The molecular weight excluding hydrogens is 219 g/mol. The molecule has 0 fully saturated rings. The molecule has 1 amide bonds. The monoisotopic (exact) mass is 229 g/mol.